The van der Waals surface area contributed by atoms with Crippen LogP contribution in [0.3, 0.4) is 0 Å². The van der Waals surface area contributed by atoms with Gasteiger partial charge in [0.05, 0.1) is 5.69 Å². The van der Waals surface area contributed by atoms with Gasteiger partial charge in [-0.05, 0) is 35.0 Å². The maximum atomic E-state index is 11.8. The summed E-state index contributed by atoms with van der Waals surface area (Å²) in [6.45, 7) is 0. The van der Waals surface area contributed by atoms with E-state index in [2.05, 4.69) is 20.6 Å². The smallest absolute Gasteiger partial charge is 0.246 e. The molecule has 112 valence electrons. The first-order chi connectivity index (χ1) is 10.8. The molecule has 3 rings (SSSR count). The zero-order valence-corrected chi connectivity index (χ0v) is 12.6. The molecule has 0 unspecified atom stereocenters. The number of para-hydroxylation sites is 1. The Morgan fingerprint density at radius 2 is 2.05 bits per heavy atom. The Morgan fingerprint density at radius 3 is 2.82 bits per heavy atom. The minimum Gasteiger partial charge on any atom is -0.273 e. The number of benzene rings is 1. The summed E-state index contributed by atoms with van der Waals surface area (Å²) in [6, 6.07) is 11.5. The Hall–Kier alpha value is -2.48. The SMILES string of the molecule is O=C(CCCSc1nnnn1-c1ccccc1)n1cccn1. The fraction of sp³-hybridized carbons (Fsp3) is 0.214. The molecule has 0 radical (unpaired) electrons. The summed E-state index contributed by atoms with van der Waals surface area (Å²) >= 11 is 1.53. The molecule has 8 heteroatoms. The Kier molecular flexibility index (Phi) is 4.59. The van der Waals surface area contributed by atoms with Crippen molar-refractivity contribution >= 4 is 17.7 Å². The van der Waals surface area contributed by atoms with Gasteiger partial charge in [-0.3, -0.25) is 4.79 Å². The number of hydrogen-bond acceptors (Lipinski definition) is 6. The third-order valence-electron chi connectivity index (χ3n) is 2.97. The lowest BCUT2D eigenvalue weighted by Gasteiger charge is -2.04. The minimum absolute atomic E-state index is 0.00625. The van der Waals surface area contributed by atoms with Gasteiger partial charge in [0.2, 0.25) is 11.1 Å². The summed E-state index contributed by atoms with van der Waals surface area (Å²) in [5, 5.41) is 16.4. The Morgan fingerprint density at radius 1 is 1.18 bits per heavy atom. The minimum atomic E-state index is -0.00625. The van der Waals surface area contributed by atoms with E-state index in [0.717, 1.165) is 23.0 Å². The largest absolute Gasteiger partial charge is 0.273 e. The maximum absolute atomic E-state index is 11.8. The second kappa shape index (κ2) is 6.99. The zero-order chi connectivity index (χ0) is 15.2. The summed E-state index contributed by atoms with van der Waals surface area (Å²) in [5.41, 5.74) is 0.919. The van der Waals surface area contributed by atoms with Gasteiger partial charge < -0.3 is 0 Å². The first-order valence-electron chi connectivity index (χ1n) is 6.84. The van der Waals surface area contributed by atoms with Crippen LogP contribution in [0.2, 0.25) is 0 Å². The number of carbonyl (C=O) groups excluding carboxylic acids is 1. The lowest BCUT2D eigenvalue weighted by atomic mass is 10.3. The van der Waals surface area contributed by atoms with Crippen LogP contribution in [0, 0.1) is 0 Å². The molecule has 0 saturated carbocycles. The summed E-state index contributed by atoms with van der Waals surface area (Å²) < 4.78 is 3.05. The van der Waals surface area contributed by atoms with Gasteiger partial charge in [-0.15, -0.1) is 5.10 Å². The highest BCUT2D eigenvalue weighted by molar-refractivity contribution is 7.99. The summed E-state index contributed by atoms with van der Waals surface area (Å²) in [6.07, 6.45) is 4.44. The maximum Gasteiger partial charge on any atom is 0.246 e. The number of thioether (sulfide) groups is 1. The van der Waals surface area contributed by atoms with E-state index in [-0.39, 0.29) is 5.91 Å². The molecule has 0 N–H and O–H groups in total. The predicted octanol–water partition coefficient (Wildman–Crippen LogP) is 2.07. The first-order valence-corrected chi connectivity index (χ1v) is 7.82. The predicted molar refractivity (Wildman–Crippen MR) is 82.0 cm³/mol. The highest BCUT2D eigenvalue weighted by Gasteiger charge is 2.09. The Balaban J connectivity index is 1.53. The molecule has 2 aromatic heterocycles. The Bertz CT molecular complexity index is 725. The molecule has 0 aliphatic heterocycles. The van der Waals surface area contributed by atoms with Crippen molar-refractivity contribution in [1.82, 2.24) is 30.0 Å². The van der Waals surface area contributed by atoms with E-state index in [4.69, 9.17) is 0 Å². The zero-order valence-electron chi connectivity index (χ0n) is 11.7. The number of tetrazole rings is 1. The third-order valence-corrected chi connectivity index (χ3v) is 3.97. The summed E-state index contributed by atoms with van der Waals surface area (Å²) in [7, 11) is 0. The quantitative estimate of drug-likeness (QED) is 0.512. The lowest BCUT2D eigenvalue weighted by Crippen LogP contribution is -2.10. The number of rotatable bonds is 6. The molecule has 3 aromatic rings. The molecule has 1 aromatic carbocycles. The van der Waals surface area contributed by atoms with Crippen LogP contribution in [-0.4, -0.2) is 41.6 Å². The molecule has 0 aliphatic carbocycles. The van der Waals surface area contributed by atoms with Crippen LogP contribution in [0.15, 0.2) is 53.9 Å². The molecule has 0 atom stereocenters. The van der Waals surface area contributed by atoms with Crippen molar-refractivity contribution in [2.45, 2.75) is 18.0 Å². The molecule has 0 spiro atoms. The van der Waals surface area contributed by atoms with Crippen LogP contribution < -0.4 is 0 Å². The van der Waals surface area contributed by atoms with Gasteiger partial charge in [0, 0.05) is 24.6 Å². The van der Waals surface area contributed by atoms with Crippen LogP contribution in [0.25, 0.3) is 5.69 Å². The molecule has 0 amide bonds. The number of aromatic nitrogens is 6. The molecule has 0 fully saturated rings. The van der Waals surface area contributed by atoms with Gasteiger partial charge in [-0.25, -0.2) is 4.68 Å². The van der Waals surface area contributed by atoms with Crippen LogP contribution in [0.4, 0.5) is 0 Å². The Labute approximate surface area is 131 Å². The number of carbonyl (C=O) groups is 1. The van der Waals surface area contributed by atoms with Gasteiger partial charge >= 0.3 is 0 Å². The molecule has 0 bridgehead atoms. The van der Waals surface area contributed by atoms with Gasteiger partial charge in [-0.2, -0.15) is 9.78 Å². The van der Waals surface area contributed by atoms with Crippen LogP contribution in [0.5, 0.6) is 0 Å². The van der Waals surface area contributed by atoms with E-state index < -0.39 is 0 Å². The average Bonchev–Trinajstić information content (AvgIpc) is 3.23. The van der Waals surface area contributed by atoms with Crippen LogP contribution >= 0.6 is 11.8 Å². The van der Waals surface area contributed by atoms with Crippen molar-refractivity contribution in [1.29, 1.82) is 0 Å². The molecule has 2 heterocycles. The van der Waals surface area contributed by atoms with E-state index >= 15 is 0 Å². The van der Waals surface area contributed by atoms with Crippen molar-refractivity contribution in [3.05, 3.63) is 48.8 Å². The van der Waals surface area contributed by atoms with Crippen molar-refractivity contribution in [2.75, 3.05) is 5.75 Å². The number of nitrogens with zero attached hydrogens (tertiary/aromatic N) is 6. The summed E-state index contributed by atoms with van der Waals surface area (Å²) in [5.74, 6) is 0.758. The van der Waals surface area contributed by atoms with Crippen molar-refractivity contribution in [2.24, 2.45) is 0 Å². The van der Waals surface area contributed by atoms with E-state index in [1.165, 1.54) is 16.4 Å². The van der Waals surface area contributed by atoms with Crippen LogP contribution in [-0.2, 0) is 0 Å². The van der Waals surface area contributed by atoms with E-state index in [0.29, 0.717) is 6.42 Å². The van der Waals surface area contributed by atoms with Gasteiger partial charge in [-0.1, -0.05) is 30.0 Å². The highest BCUT2D eigenvalue weighted by atomic mass is 32.2. The van der Waals surface area contributed by atoms with E-state index in [1.807, 2.05) is 30.3 Å². The van der Waals surface area contributed by atoms with Gasteiger partial charge in [0.15, 0.2) is 0 Å². The van der Waals surface area contributed by atoms with Crippen LogP contribution in [0.1, 0.15) is 17.6 Å². The molecule has 7 nitrogen and oxygen atoms in total. The van der Waals surface area contributed by atoms with Crippen molar-refractivity contribution in [3.8, 4) is 5.69 Å². The molecule has 0 aliphatic rings. The monoisotopic (exact) mass is 314 g/mol. The second-order valence-corrected chi connectivity index (χ2v) is 5.57. The highest BCUT2D eigenvalue weighted by Crippen LogP contribution is 2.19. The number of hydrogen-bond donors (Lipinski definition) is 0. The van der Waals surface area contributed by atoms with Crippen molar-refractivity contribution < 1.29 is 4.79 Å². The fourth-order valence-electron chi connectivity index (χ4n) is 1.92. The normalized spacial score (nSPS) is 10.7. The topological polar surface area (TPSA) is 78.5 Å². The van der Waals surface area contributed by atoms with E-state index in [1.54, 1.807) is 23.1 Å². The molecule has 0 saturated heterocycles. The van der Waals surface area contributed by atoms with E-state index in [9.17, 15) is 4.79 Å². The molecular formula is C14H14N6OS. The molecular weight excluding hydrogens is 300 g/mol. The molecule has 22 heavy (non-hydrogen) atoms. The third kappa shape index (κ3) is 3.40. The van der Waals surface area contributed by atoms with Gasteiger partial charge in [0.1, 0.15) is 0 Å². The van der Waals surface area contributed by atoms with Gasteiger partial charge in [0.25, 0.3) is 0 Å². The standard InChI is InChI=1S/C14H14N6OS/c21-13(19-10-5-9-15-19)8-4-11-22-14-16-17-18-20(14)12-6-2-1-3-7-12/h1-3,5-7,9-10H,4,8,11H2. The van der Waals surface area contributed by atoms with Crippen molar-refractivity contribution in [3.63, 3.8) is 0 Å². The second-order valence-electron chi connectivity index (χ2n) is 4.51. The first kappa shape index (κ1) is 14.5. The average molecular weight is 314 g/mol. The fourth-order valence-corrected chi connectivity index (χ4v) is 2.75. The lowest BCUT2D eigenvalue weighted by molar-refractivity contribution is 0.0886. The summed E-state index contributed by atoms with van der Waals surface area (Å²) in [4.78, 5) is 11.8.